The standard InChI is InChI=1S/C15H12ClNO2/c16-12-4-1-11(2-5-12)3-10-15(19)17-13-6-8-14(18)9-7-13/h1-10,18H,(H,17,19). The van der Waals surface area contributed by atoms with E-state index in [1.54, 1.807) is 30.3 Å². The average Bonchev–Trinajstić information content (AvgIpc) is 2.41. The minimum Gasteiger partial charge on any atom is -0.508 e. The largest absolute Gasteiger partial charge is 0.508 e. The molecule has 0 saturated carbocycles. The minimum absolute atomic E-state index is 0.162. The van der Waals surface area contributed by atoms with Gasteiger partial charge in [-0.1, -0.05) is 23.7 Å². The van der Waals surface area contributed by atoms with Gasteiger partial charge in [0, 0.05) is 16.8 Å². The van der Waals surface area contributed by atoms with E-state index < -0.39 is 0 Å². The third kappa shape index (κ3) is 4.16. The van der Waals surface area contributed by atoms with Crippen molar-refractivity contribution in [2.45, 2.75) is 0 Å². The first-order valence-corrected chi connectivity index (χ1v) is 6.05. The van der Waals surface area contributed by atoms with Crippen LogP contribution in [0.4, 0.5) is 5.69 Å². The summed E-state index contributed by atoms with van der Waals surface area (Å²) >= 11 is 5.77. The third-order valence-electron chi connectivity index (χ3n) is 2.43. The maximum atomic E-state index is 11.7. The van der Waals surface area contributed by atoms with Crippen LogP contribution in [0.25, 0.3) is 6.08 Å². The predicted octanol–water partition coefficient (Wildman–Crippen LogP) is 3.70. The zero-order chi connectivity index (χ0) is 13.7. The molecule has 2 N–H and O–H groups in total. The van der Waals surface area contributed by atoms with Gasteiger partial charge in [-0.3, -0.25) is 4.79 Å². The van der Waals surface area contributed by atoms with Crippen molar-refractivity contribution in [1.82, 2.24) is 0 Å². The van der Waals surface area contributed by atoms with E-state index in [2.05, 4.69) is 5.32 Å². The molecule has 0 aliphatic heterocycles. The summed E-state index contributed by atoms with van der Waals surface area (Å²) in [6, 6.07) is 13.5. The van der Waals surface area contributed by atoms with Crippen molar-refractivity contribution in [2.75, 3.05) is 5.32 Å². The molecular formula is C15H12ClNO2. The van der Waals surface area contributed by atoms with Gasteiger partial charge in [-0.05, 0) is 48.0 Å². The molecule has 96 valence electrons. The summed E-state index contributed by atoms with van der Waals surface area (Å²) in [7, 11) is 0. The molecule has 2 aromatic rings. The molecule has 0 aliphatic carbocycles. The average molecular weight is 274 g/mol. The van der Waals surface area contributed by atoms with E-state index in [1.807, 2.05) is 12.1 Å². The van der Waals surface area contributed by atoms with Crippen molar-refractivity contribution in [3.63, 3.8) is 0 Å². The number of halogens is 1. The zero-order valence-corrected chi connectivity index (χ0v) is 10.8. The second-order valence-corrected chi connectivity index (χ2v) is 4.36. The molecule has 0 saturated heterocycles. The van der Waals surface area contributed by atoms with Crippen molar-refractivity contribution >= 4 is 29.3 Å². The van der Waals surface area contributed by atoms with Crippen LogP contribution in [-0.4, -0.2) is 11.0 Å². The molecule has 0 bridgehead atoms. The minimum atomic E-state index is -0.236. The van der Waals surface area contributed by atoms with Crippen molar-refractivity contribution in [2.24, 2.45) is 0 Å². The highest BCUT2D eigenvalue weighted by molar-refractivity contribution is 6.30. The van der Waals surface area contributed by atoms with E-state index in [9.17, 15) is 4.79 Å². The molecule has 0 aliphatic rings. The normalized spacial score (nSPS) is 10.6. The Morgan fingerprint density at radius 1 is 1.05 bits per heavy atom. The van der Waals surface area contributed by atoms with Gasteiger partial charge in [0.1, 0.15) is 5.75 Å². The van der Waals surface area contributed by atoms with E-state index in [0.29, 0.717) is 10.7 Å². The quantitative estimate of drug-likeness (QED) is 0.662. The maximum Gasteiger partial charge on any atom is 0.248 e. The summed E-state index contributed by atoms with van der Waals surface area (Å²) in [5.41, 5.74) is 1.52. The molecule has 4 heteroatoms. The maximum absolute atomic E-state index is 11.7. The summed E-state index contributed by atoms with van der Waals surface area (Å²) in [5, 5.41) is 12.5. The number of rotatable bonds is 3. The van der Waals surface area contributed by atoms with Gasteiger partial charge in [-0.25, -0.2) is 0 Å². The van der Waals surface area contributed by atoms with Crippen LogP contribution < -0.4 is 5.32 Å². The van der Waals surface area contributed by atoms with Gasteiger partial charge in [0.15, 0.2) is 0 Å². The number of hydrogen-bond acceptors (Lipinski definition) is 2. The van der Waals surface area contributed by atoms with E-state index in [1.165, 1.54) is 18.2 Å². The Bertz CT molecular complexity index is 589. The van der Waals surface area contributed by atoms with Crippen LogP contribution in [-0.2, 0) is 4.79 Å². The molecule has 2 aromatic carbocycles. The fourth-order valence-electron chi connectivity index (χ4n) is 1.47. The van der Waals surface area contributed by atoms with Gasteiger partial charge in [0.25, 0.3) is 0 Å². The number of nitrogens with one attached hydrogen (secondary N) is 1. The molecule has 0 unspecified atom stereocenters. The fourth-order valence-corrected chi connectivity index (χ4v) is 1.60. The van der Waals surface area contributed by atoms with Crippen molar-refractivity contribution in [1.29, 1.82) is 0 Å². The molecule has 0 fully saturated rings. The van der Waals surface area contributed by atoms with Crippen molar-refractivity contribution in [3.05, 3.63) is 65.2 Å². The number of benzene rings is 2. The lowest BCUT2D eigenvalue weighted by Gasteiger charge is -2.01. The van der Waals surface area contributed by atoms with Crippen LogP contribution in [0.15, 0.2) is 54.6 Å². The summed E-state index contributed by atoms with van der Waals surface area (Å²) in [4.78, 5) is 11.7. The van der Waals surface area contributed by atoms with Crippen molar-refractivity contribution < 1.29 is 9.90 Å². The van der Waals surface area contributed by atoms with Gasteiger partial charge in [0.2, 0.25) is 5.91 Å². The lowest BCUT2D eigenvalue weighted by atomic mass is 10.2. The number of amides is 1. The fraction of sp³-hybridized carbons (Fsp3) is 0. The summed E-state index contributed by atoms with van der Waals surface area (Å²) in [6.07, 6.45) is 3.14. The highest BCUT2D eigenvalue weighted by Crippen LogP contribution is 2.14. The first-order valence-electron chi connectivity index (χ1n) is 5.67. The van der Waals surface area contributed by atoms with Crippen LogP contribution in [0.5, 0.6) is 5.75 Å². The SMILES string of the molecule is O=C(C=Cc1ccc(Cl)cc1)Nc1ccc(O)cc1. The predicted molar refractivity (Wildman–Crippen MR) is 77.2 cm³/mol. The van der Waals surface area contributed by atoms with Crippen LogP contribution in [0.1, 0.15) is 5.56 Å². The highest BCUT2D eigenvalue weighted by atomic mass is 35.5. The Hall–Kier alpha value is -2.26. The van der Waals surface area contributed by atoms with Gasteiger partial charge in [0.05, 0.1) is 0 Å². The molecule has 0 heterocycles. The number of anilines is 1. The van der Waals surface area contributed by atoms with Crippen LogP contribution >= 0.6 is 11.6 Å². The zero-order valence-electron chi connectivity index (χ0n) is 10.0. The van der Waals surface area contributed by atoms with Crippen LogP contribution in [0.2, 0.25) is 5.02 Å². The van der Waals surface area contributed by atoms with Gasteiger partial charge < -0.3 is 10.4 Å². The number of hydrogen-bond donors (Lipinski definition) is 2. The first kappa shape index (κ1) is 13.2. The summed E-state index contributed by atoms with van der Waals surface area (Å²) in [5.74, 6) is -0.0738. The van der Waals surface area contributed by atoms with E-state index in [-0.39, 0.29) is 11.7 Å². The summed E-state index contributed by atoms with van der Waals surface area (Å²) < 4.78 is 0. The second kappa shape index (κ2) is 6.07. The molecule has 0 radical (unpaired) electrons. The monoisotopic (exact) mass is 273 g/mol. The number of phenolic OH excluding ortho intramolecular Hbond substituents is 1. The number of aromatic hydroxyl groups is 1. The van der Waals surface area contributed by atoms with Gasteiger partial charge in [-0.15, -0.1) is 0 Å². The molecule has 2 rings (SSSR count). The number of carbonyl (C=O) groups is 1. The molecule has 0 atom stereocenters. The second-order valence-electron chi connectivity index (χ2n) is 3.92. The smallest absolute Gasteiger partial charge is 0.248 e. The van der Waals surface area contributed by atoms with Gasteiger partial charge >= 0.3 is 0 Å². The number of phenols is 1. The van der Waals surface area contributed by atoms with E-state index in [4.69, 9.17) is 16.7 Å². The lowest BCUT2D eigenvalue weighted by molar-refractivity contribution is -0.111. The topological polar surface area (TPSA) is 49.3 Å². The molecule has 0 spiro atoms. The molecule has 3 nitrogen and oxygen atoms in total. The van der Waals surface area contributed by atoms with Crippen LogP contribution in [0, 0.1) is 0 Å². The van der Waals surface area contributed by atoms with E-state index >= 15 is 0 Å². The Morgan fingerprint density at radius 2 is 1.68 bits per heavy atom. The molecular weight excluding hydrogens is 262 g/mol. The van der Waals surface area contributed by atoms with Crippen LogP contribution in [0.3, 0.4) is 0 Å². The first-order chi connectivity index (χ1) is 9.13. The number of carbonyl (C=O) groups excluding carboxylic acids is 1. The summed E-state index contributed by atoms with van der Waals surface area (Å²) in [6.45, 7) is 0. The Kier molecular flexibility index (Phi) is 4.21. The molecule has 1 amide bonds. The Balaban J connectivity index is 1.97. The lowest BCUT2D eigenvalue weighted by Crippen LogP contribution is -2.07. The molecule has 19 heavy (non-hydrogen) atoms. The molecule has 0 aromatic heterocycles. The highest BCUT2D eigenvalue weighted by Gasteiger charge is 1.97. The van der Waals surface area contributed by atoms with Crippen molar-refractivity contribution in [3.8, 4) is 5.75 Å². The Morgan fingerprint density at radius 3 is 2.32 bits per heavy atom. The van der Waals surface area contributed by atoms with E-state index in [0.717, 1.165) is 5.56 Å². The Labute approximate surface area is 116 Å². The van der Waals surface area contributed by atoms with Gasteiger partial charge in [-0.2, -0.15) is 0 Å². The third-order valence-corrected chi connectivity index (χ3v) is 2.68.